The first-order chi connectivity index (χ1) is 61.2. The lowest BCUT2D eigenvalue weighted by atomic mass is 9.89. The van der Waals surface area contributed by atoms with E-state index in [4.69, 9.17) is 61.1 Å². The number of carbonyl (C=O) groups is 9. The van der Waals surface area contributed by atoms with Crippen molar-refractivity contribution >= 4 is 76.4 Å². The minimum absolute atomic E-state index is 0.0197. The van der Waals surface area contributed by atoms with Crippen molar-refractivity contribution in [2.75, 3.05) is 54.0 Å². The molecule has 40 heteroatoms. The quantitative estimate of drug-likeness (QED) is 0.0457. The van der Waals surface area contributed by atoms with Crippen LogP contribution in [0.2, 0.25) is 10.0 Å². The number of fused-ring (bicyclic) bond motifs is 14. The minimum atomic E-state index is -2.43. The van der Waals surface area contributed by atoms with Crippen molar-refractivity contribution in [2.24, 2.45) is 5.92 Å². The lowest BCUT2D eigenvalue weighted by Gasteiger charge is -2.41. The van der Waals surface area contributed by atoms with Crippen molar-refractivity contribution in [3.63, 3.8) is 0 Å². The van der Waals surface area contributed by atoms with Gasteiger partial charge >= 0.3 is 5.97 Å². The Labute approximate surface area is 741 Å². The highest BCUT2D eigenvalue weighted by molar-refractivity contribution is 6.33. The number of hydrogen-bond donors (Lipinski definition) is 19. The molecule has 682 valence electrons. The molecule has 7 aromatic carbocycles. The second-order valence-corrected chi connectivity index (χ2v) is 33.5. The first-order valence-electron chi connectivity index (χ1n) is 41.5. The van der Waals surface area contributed by atoms with Gasteiger partial charge in [0.15, 0.2) is 29.1 Å². The van der Waals surface area contributed by atoms with Crippen LogP contribution in [-0.4, -0.2) is 247 Å². The molecular weight excluding hydrogens is 1720 g/mol. The molecule has 0 spiro atoms. The third-order valence-corrected chi connectivity index (χ3v) is 24.1. The first kappa shape index (κ1) is 92.3. The number of esters is 1. The van der Waals surface area contributed by atoms with Crippen LogP contribution in [0.5, 0.6) is 69.0 Å². The van der Waals surface area contributed by atoms with E-state index in [0.29, 0.717) is 24.3 Å². The number of methoxy groups -OCH3 is 1. The van der Waals surface area contributed by atoms with Crippen LogP contribution < -0.4 is 66.2 Å². The van der Waals surface area contributed by atoms with E-state index in [0.717, 1.165) is 99.5 Å². The smallest absolute Gasteiger partial charge is 0.337 e. The molecule has 9 heterocycles. The van der Waals surface area contributed by atoms with Crippen LogP contribution in [0.4, 0.5) is 0 Å². The van der Waals surface area contributed by atoms with Gasteiger partial charge in [-0.25, -0.2) is 4.79 Å². The Hall–Kier alpha value is -11.9. The molecule has 128 heavy (non-hydrogen) atoms. The molecule has 8 amide bonds. The fourth-order valence-corrected chi connectivity index (χ4v) is 16.8. The molecular formula is C88H98Cl2N10O28. The molecule has 9 aliphatic rings. The van der Waals surface area contributed by atoms with Crippen molar-refractivity contribution in [2.45, 2.75) is 175 Å². The molecule has 0 aliphatic carbocycles. The highest BCUT2D eigenvalue weighted by Crippen LogP contribution is 2.51. The van der Waals surface area contributed by atoms with Crippen LogP contribution in [-0.2, 0) is 63.8 Å². The normalized spacial score (nSPS) is 26.7. The zero-order chi connectivity index (χ0) is 91.5. The molecule has 0 aromatic heterocycles. The molecule has 3 fully saturated rings. The number of phenols is 4. The number of halogens is 2. The average molecular weight is 1810 g/mol. The van der Waals surface area contributed by atoms with E-state index in [-0.39, 0.29) is 61.0 Å². The summed E-state index contributed by atoms with van der Waals surface area (Å²) in [6.45, 7) is 3.88. The van der Waals surface area contributed by atoms with E-state index in [2.05, 4.69) is 56.4 Å². The molecule has 0 unspecified atom stereocenters. The zero-order valence-electron chi connectivity index (χ0n) is 69.6. The molecule has 17 bridgehead atoms. The van der Waals surface area contributed by atoms with Gasteiger partial charge in [0.2, 0.25) is 65.6 Å². The lowest BCUT2D eigenvalue weighted by Crippen LogP contribution is -2.66. The number of unbranched alkanes of at least 4 members (excludes halogenated alkanes) is 4. The van der Waals surface area contributed by atoms with Crippen molar-refractivity contribution in [3.05, 3.63) is 164 Å². The maximum Gasteiger partial charge on any atom is 0.337 e. The Kier molecular flexibility index (Phi) is 28.4. The van der Waals surface area contributed by atoms with Crippen LogP contribution in [0.1, 0.15) is 134 Å². The molecule has 9 aliphatic heterocycles. The standard InChI is InChI=1S/C88H98Cl2N10O28/c1-38(2)11-9-7-6-8-10-12-61(106)93-70-73(109)75(111)78(86(120)121-5)128-87(70)127-77-58-31-43-32-59(77)124-55-22-17-42(29-50(55)89)71(107)69-84(118)97-68(85(119)100-25-23-99(4)24-26-100)48-33-44(102)34-57(125-88-76(112)74(110)72(108)60(37-101)126-88)62(48)47-28-40(15-20-52(47)103)65(81(115)98-69)94-82(116)66(43)95-83(117)67-49-35-46(36-54(105)63(49)90)123-56-30-41(16-21-53(56)104)64(91-3)80(114)92-51(79(113)96-67)27-39-13-18-45(122-58)19-14-39/h13-22,28-36,38,51,60,64-76,78,87-88,91,101-105,107-112H,6-12,23-27,37H2,1-5H3,(H,92,114)(H,93,106)(H,94,116)(H,95,117)(H,96,113)(H,97,118)(H,98,115)/t51-,60-,64+,65-,66-,67+,68-,69+,70-,71-,72-,73-,74+,75+,76+,78+,87-,88+/m1/s1. The van der Waals surface area contributed by atoms with Gasteiger partial charge in [-0.15, -0.1) is 0 Å². The third-order valence-electron chi connectivity index (χ3n) is 23.4. The van der Waals surface area contributed by atoms with Gasteiger partial charge in [-0.3, -0.25) is 38.4 Å². The molecule has 16 rings (SSSR count). The summed E-state index contributed by atoms with van der Waals surface area (Å²) in [6.07, 6.45) is -16.5. The number of amides is 8. The second kappa shape index (κ2) is 39.4. The summed E-state index contributed by atoms with van der Waals surface area (Å²) in [4.78, 5) is 143. The van der Waals surface area contributed by atoms with Gasteiger partial charge in [0.1, 0.15) is 131 Å². The summed E-state index contributed by atoms with van der Waals surface area (Å²) in [7, 11) is 4.20. The number of phenolic OH excluding ortho intramolecular Hbond substituents is 4. The summed E-state index contributed by atoms with van der Waals surface area (Å²) < 4.78 is 50.0. The van der Waals surface area contributed by atoms with Crippen molar-refractivity contribution in [1.82, 2.24) is 52.3 Å². The number of aliphatic hydroxyl groups excluding tert-OH is 7. The fraction of sp³-hybridized carbons (Fsp3) is 0.420. The highest BCUT2D eigenvalue weighted by atomic mass is 35.5. The van der Waals surface area contributed by atoms with E-state index in [1.807, 2.05) is 4.90 Å². The Bertz CT molecular complexity index is 5390. The predicted octanol–water partition coefficient (Wildman–Crippen LogP) is 3.57. The molecule has 19 N–H and O–H groups in total. The largest absolute Gasteiger partial charge is 0.508 e. The number of hydrogen-bond acceptors (Lipinski definition) is 30. The second-order valence-electron chi connectivity index (χ2n) is 32.7. The van der Waals surface area contributed by atoms with E-state index >= 15 is 28.8 Å². The van der Waals surface area contributed by atoms with Gasteiger partial charge < -0.3 is 146 Å². The Morgan fingerprint density at radius 1 is 0.562 bits per heavy atom. The first-order valence-corrected chi connectivity index (χ1v) is 42.3. The van der Waals surface area contributed by atoms with E-state index in [9.17, 15) is 70.6 Å². The van der Waals surface area contributed by atoms with Gasteiger partial charge in [0, 0.05) is 67.8 Å². The zero-order valence-corrected chi connectivity index (χ0v) is 71.2. The Morgan fingerprint density at radius 2 is 1.21 bits per heavy atom. The number of rotatable bonds is 17. The fourth-order valence-electron chi connectivity index (χ4n) is 16.3. The number of ether oxygens (including phenoxy) is 8. The molecule has 0 saturated carbocycles. The number of piperazine rings is 1. The lowest BCUT2D eigenvalue weighted by molar-refractivity contribution is -0.277. The number of nitrogens with zero attached hydrogens (tertiary/aromatic N) is 2. The number of carbonyl (C=O) groups excluding carboxylic acids is 9. The van der Waals surface area contributed by atoms with Gasteiger partial charge in [0.05, 0.1) is 23.8 Å². The van der Waals surface area contributed by atoms with Crippen LogP contribution in [0.15, 0.2) is 115 Å². The topological polar surface area (TPSA) is 553 Å². The molecule has 7 aromatic rings. The molecule has 38 nitrogen and oxygen atoms in total. The molecule has 3 saturated heterocycles. The Morgan fingerprint density at radius 3 is 1.91 bits per heavy atom. The summed E-state index contributed by atoms with van der Waals surface area (Å²) in [5, 5.41) is 149. The summed E-state index contributed by atoms with van der Waals surface area (Å²) >= 11 is 14.4. The van der Waals surface area contributed by atoms with E-state index < -0.39 is 271 Å². The summed E-state index contributed by atoms with van der Waals surface area (Å²) in [6, 6.07) is 6.30. The maximum absolute atomic E-state index is 16.9. The van der Waals surface area contributed by atoms with Gasteiger partial charge in [-0.05, 0) is 133 Å². The average Bonchev–Trinajstić information content (AvgIpc) is 0.763. The number of nitrogens with one attached hydrogen (secondary N) is 8. The number of aliphatic hydroxyl groups is 7. The number of likely N-dealkylation sites (N-methyl/N-ethyl adjacent to an activating group) is 2. The van der Waals surface area contributed by atoms with E-state index in [1.165, 1.54) is 60.5 Å². The molecule has 18 atom stereocenters. The van der Waals surface area contributed by atoms with E-state index in [1.54, 1.807) is 7.05 Å². The van der Waals surface area contributed by atoms with Crippen LogP contribution in [0.3, 0.4) is 0 Å². The summed E-state index contributed by atoms with van der Waals surface area (Å²) in [5.41, 5.74) is -2.46. The van der Waals surface area contributed by atoms with Crippen molar-refractivity contribution < 1.29 is 137 Å². The summed E-state index contributed by atoms with van der Waals surface area (Å²) in [5.74, 6) is -16.3. The minimum Gasteiger partial charge on any atom is -0.508 e. The third kappa shape index (κ3) is 19.9. The van der Waals surface area contributed by atoms with Gasteiger partial charge in [0.25, 0.3) is 0 Å². The monoisotopic (exact) mass is 1810 g/mol. The maximum atomic E-state index is 16.9. The number of aromatic hydroxyl groups is 4. The highest BCUT2D eigenvalue weighted by Gasteiger charge is 2.52. The van der Waals surface area contributed by atoms with Crippen LogP contribution in [0.25, 0.3) is 11.1 Å². The van der Waals surface area contributed by atoms with Crippen LogP contribution in [0, 0.1) is 5.92 Å². The van der Waals surface area contributed by atoms with Crippen LogP contribution >= 0.6 is 23.2 Å². The van der Waals surface area contributed by atoms with Gasteiger partial charge in [-0.2, -0.15) is 0 Å². The SMILES string of the molecule is CN[C@@H]1C(=O)N[C@@H]2Cc3ccc(cc3)Oc3cc4cc(c3O[C@@H]3O[C@H](C(=O)OC)[C@@H](O)[C@H](O)[C@H]3NC(=O)CCCCCCCC(C)C)Oc3ccc(cc3Cl)[C@@H](O)[C@@H]3NC(=O)[C@H](NC(=O)[C@@H]4NC(=O)[C@@H](NC2=O)c2cc(cc(O)c2Cl)Oc2cc1ccc2O)c1ccc(O)c(c1)-c1c(O[C@H]2O[C@H](CO)[C@@H](O)[C@H](O)[C@@H]2O)cc(O)cc1[C@H](C(=O)N1CCN(C)CC1)NC3=O. The number of benzene rings is 7. The van der Waals surface area contributed by atoms with Crippen molar-refractivity contribution in [1.29, 1.82) is 0 Å². The predicted molar refractivity (Wildman–Crippen MR) is 450 cm³/mol. The molecule has 0 radical (unpaired) electrons. The van der Waals surface area contributed by atoms with Gasteiger partial charge in [-0.1, -0.05) is 99.5 Å². The Balaban J connectivity index is 1.00. The van der Waals surface area contributed by atoms with Crippen molar-refractivity contribution in [3.8, 4) is 80.1 Å².